The quantitative estimate of drug-likeness (QED) is 0.800. The van der Waals surface area contributed by atoms with Crippen molar-refractivity contribution in [3.05, 3.63) is 29.7 Å². The summed E-state index contributed by atoms with van der Waals surface area (Å²) >= 11 is 0. The molecule has 0 saturated carbocycles. The topological polar surface area (TPSA) is 81.8 Å². The van der Waals surface area contributed by atoms with E-state index in [9.17, 15) is 18.0 Å². The molecule has 2 rings (SSSR count). The van der Waals surface area contributed by atoms with Gasteiger partial charge < -0.3 is 10.1 Å². The number of carbonyl (C=O) groups is 1. The lowest BCUT2D eigenvalue weighted by Gasteiger charge is -2.07. The first-order valence-electron chi connectivity index (χ1n) is 5.39. The molecule has 0 aliphatic carbocycles. The molecule has 0 saturated heterocycles. The van der Waals surface area contributed by atoms with Crippen molar-refractivity contribution >= 4 is 5.97 Å². The van der Waals surface area contributed by atoms with Gasteiger partial charge in [-0.15, -0.1) is 0 Å². The molecule has 102 valence electrons. The fourth-order valence-electron chi connectivity index (χ4n) is 1.78. The van der Waals surface area contributed by atoms with Crippen molar-refractivity contribution in [3.63, 3.8) is 0 Å². The summed E-state index contributed by atoms with van der Waals surface area (Å²) < 4.78 is 38.4. The molecule has 0 radical (unpaired) electrons. The molecule has 2 heterocycles. The zero-order chi connectivity index (χ0) is 14.0. The molecule has 0 fully saturated rings. The molecule has 3 N–H and O–H groups in total. The van der Waals surface area contributed by atoms with E-state index in [0.29, 0.717) is 5.56 Å². The highest BCUT2D eigenvalue weighted by molar-refractivity contribution is 5.69. The molecule has 0 unspecified atom stereocenters. The van der Waals surface area contributed by atoms with Crippen LogP contribution in [0.4, 0.5) is 13.2 Å². The van der Waals surface area contributed by atoms with E-state index in [2.05, 4.69) is 10.1 Å². The monoisotopic (exact) mass is 273 g/mol. The van der Waals surface area contributed by atoms with Crippen LogP contribution in [0.2, 0.25) is 0 Å². The highest BCUT2D eigenvalue weighted by Gasteiger charge is 2.37. The van der Waals surface area contributed by atoms with Crippen molar-refractivity contribution in [2.75, 3.05) is 0 Å². The first kappa shape index (κ1) is 13.2. The minimum absolute atomic E-state index is 0.120. The van der Waals surface area contributed by atoms with Gasteiger partial charge in [0, 0.05) is 29.9 Å². The second-order valence-electron chi connectivity index (χ2n) is 3.92. The number of halogens is 3. The SMILES string of the molecule is O=C(O)CCc1c(-c2cc[nH]c2)n[nH]c1C(F)(F)F. The Balaban J connectivity index is 2.44. The third-order valence-corrected chi connectivity index (χ3v) is 2.61. The highest BCUT2D eigenvalue weighted by Crippen LogP contribution is 2.35. The Hall–Kier alpha value is -2.25. The molecule has 0 amide bonds. The zero-order valence-corrected chi connectivity index (χ0v) is 9.58. The van der Waals surface area contributed by atoms with Crippen LogP contribution < -0.4 is 0 Å². The van der Waals surface area contributed by atoms with E-state index in [0.717, 1.165) is 0 Å². The number of aromatic amines is 2. The summed E-state index contributed by atoms with van der Waals surface area (Å²) in [5, 5.41) is 14.2. The first-order chi connectivity index (χ1) is 8.89. The summed E-state index contributed by atoms with van der Waals surface area (Å²) in [5.41, 5.74) is -0.526. The number of H-pyrrole nitrogens is 2. The molecule has 2 aromatic rings. The number of carboxylic acid groups (broad SMARTS) is 1. The molecule has 0 aromatic carbocycles. The number of alkyl halides is 3. The van der Waals surface area contributed by atoms with Gasteiger partial charge in [-0.05, 0) is 12.5 Å². The van der Waals surface area contributed by atoms with Crippen LogP contribution in [0.1, 0.15) is 17.7 Å². The normalized spacial score (nSPS) is 11.7. The second-order valence-corrected chi connectivity index (χ2v) is 3.92. The summed E-state index contributed by atoms with van der Waals surface area (Å²) in [6.45, 7) is 0. The number of nitrogens with one attached hydrogen (secondary N) is 2. The van der Waals surface area contributed by atoms with Crippen LogP contribution in [0, 0.1) is 0 Å². The fraction of sp³-hybridized carbons (Fsp3) is 0.273. The van der Waals surface area contributed by atoms with Crippen LogP contribution >= 0.6 is 0 Å². The van der Waals surface area contributed by atoms with E-state index < -0.39 is 17.8 Å². The molecule has 0 spiro atoms. The summed E-state index contributed by atoms with van der Waals surface area (Å²) in [4.78, 5) is 13.3. The lowest BCUT2D eigenvalue weighted by atomic mass is 10.0. The number of aliphatic carboxylic acids is 1. The number of aromatic nitrogens is 3. The second kappa shape index (κ2) is 4.79. The van der Waals surface area contributed by atoms with Gasteiger partial charge in [-0.3, -0.25) is 9.89 Å². The maximum Gasteiger partial charge on any atom is 0.433 e. The maximum atomic E-state index is 12.8. The molecule has 2 aromatic heterocycles. The Bertz CT molecular complexity index is 573. The third-order valence-electron chi connectivity index (χ3n) is 2.61. The van der Waals surface area contributed by atoms with Gasteiger partial charge in [0.05, 0.1) is 5.69 Å². The smallest absolute Gasteiger partial charge is 0.433 e. The molecule has 0 aliphatic heterocycles. The lowest BCUT2D eigenvalue weighted by molar-refractivity contribution is -0.142. The molecular formula is C11H10F3N3O2. The van der Waals surface area contributed by atoms with E-state index in [4.69, 9.17) is 5.11 Å². The Morgan fingerprint density at radius 1 is 1.42 bits per heavy atom. The Kier molecular flexibility index (Phi) is 3.32. The number of nitrogens with zero attached hydrogens (tertiary/aromatic N) is 1. The predicted octanol–water partition coefficient (Wildman–Crippen LogP) is 2.44. The largest absolute Gasteiger partial charge is 0.481 e. The van der Waals surface area contributed by atoms with Crippen molar-refractivity contribution in [2.24, 2.45) is 0 Å². The van der Waals surface area contributed by atoms with Gasteiger partial charge in [0.15, 0.2) is 0 Å². The van der Waals surface area contributed by atoms with Gasteiger partial charge in [-0.25, -0.2) is 0 Å². The molecule has 5 nitrogen and oxygen atoms in total. The highest BCUT2D eigenvalue weighted by atomic mass is 19.4. The van der Waals surface area contributed by atoms with Gasteiger partial charge in [-0.1, -0.05) is 0 Å². The number of hydrogen-bond acceptors (Lipinski definition) is 2. The Morgan fingerprint density at radius 2 is 2.16 bits per heavy atom. The van der Waals surface area contributed by atoms with Crippen molar-refractivity contribution in [1.82, 2.24) is 15.2 Å². The fourth-order valence-corrected chi connectivity index (χ4v) is 1.78. The van der Waals surface area contributed by atoms with Gasteiger partial charge >= 0.3 is 12.1 Å². The van der Waals surface area contributed by atoms with E-state index in [1.807, 2.05) is 5.10 Å². The van der Waals surface area contributed by atoms with Crippen LogP contribution in [0.25, 0.3) is 11.3 Å². The van der Waals surface area contributed by atoms with Crippen molar-refractivity contribution in [3.8, 4) is 11.3 Å². The van der Waals surface area contributed by atoms with E-state index in [1.54, 1.807) is 12.3 Å². The Labute approximate surface area is 105 Å². The van der Waals surface area contributed by atoms with E-state index in [-0.39, 0.29) is 24.1 Å². The minimum Gasteiger partial charge on any atom is -0.481 e. The summed E-state index contributed by atoms with van der Waals surface area (Å²) in [6.07, 6.45) is -2.16. The number of carboxylic acids is 1. The van der Waals surface area contributed by atoms with Crippen molar-refractivity contribution in [2.45, 2.75) is 19.0 Å². The third kappa shape index (κ3) is 2.78. The summed E-state index contributed by atoms with van der Waals surface area (Å²) in [7, 11) is 0. The predicted molar refractivity (Wildman–Crippen MR) is 59.3 cm³/mol. The number of hydrogen-bond donors (Lipinski definition) is 3. The summed E-state index contributed by atoms with van der Waals surface area (Å²) in [5.74, 6) is -1.16. The van der Waals surface area contributed by atoms with Crippen LogP contribution in [0.3, 0.4) is 0 Å². The van der Waals surface area contributed by atoms with Crippen LogP contribution in [-0.2, 0) is 17.4 Å². The standard InChI is InChI=1S/C11H10F3N3O2/c12-11(13,14)10-7(1-2-8(18)19)9(16-17-10)6-3-4-15-5-6/h3-5,15H,1-2H2,(H,16,17)(H,18,19). The average molecular weight is 273 g/mol. The molecular weight excluding hydrogens is 263 g/mol. The molecule has 19 heavy (non-hydrogen) atoms. The average Bonchev–Trinajstić information content (AvgIpc) is 2.93. The lowest BCUT2D eigenvalue weighted by Crippen LogP contribution is -2.10. The van der Waals surface area contributed by atoms with E-state index >= 15 is 0 Å². The van der Waals surface area contributed by atoms with Crippen molar-refractivity contribution < 1.29 is 23.1 Å². The van der Waals surface area contributed by atoms with Crippen LogP contribution in [0.15, 0.2) is 18.5 Å². The van der Waals surface area contributed by atoms with Crippen molar-refractivity contribution in [1.29, 1.82) is 0 Å². The van der Waals surface area contributed by atoms with Gasteiger partial charge in [0.2, 0.25) is 0 Å². The van der Waals surface area contributed by atoms with E-state index in [1.165, 1.54) is 6.20 Å². The van der Waals surface area contributed by atoms with Crippen LogP contribution in [0.5, 0.6) is 0 Å². The number of rotatable bonds is 4. The summed E-state index contributed by atoms with van der Waals surface area (Å²) in [6, 6.07) is 1.57. The molecule has 0 atom stereocenters. The van der Waals surface area contributed by atoms with Gasteiger partial charge in [-0.2, -0.15) is 18.3 Å². The van der Waals surface area contributed by atoms with Crippen LogP contribution in [-0.4, -0.2) is 26.3 Å². The van der Waals surface area contributed by atoms with Gasteiger partial charge in [0.1, 0.15) is 5.69 Å². The Morgan fingerprint density at radius 3 is 2.68 bits per heavy atom. The molecule has 8 heteroatoms. The molecule has 0 aliphatic rings. The first-order valence-corrected chi connectivity index (χ1v) is 5.39. The maximum absolute atomic E-state index is 12.8. The minimum atomic E-state index is -4.59. The van der Waals surface area contributed by atoms with Gasteiger partial charge in [0.25, 0.3) is 0 Å². The molecule has 0 bridgehead atoms. The zero-order valence-electron chi connectivity index (χ0n) is 9.58.